The predicted molar refractivity (Wildman–Crippen MR) is 81.1 cm³/mol. The lowest BCUT2D eigenvalue weighted by Gasteiger charge is -2.29. The van der Waals surface area contributed by atoms with Crippen LogP contribution in [0, 0.1) is 5.92 Å². The summed E-state index contributed by atoms with van der Waals surface area (Å²) in [6.45, 7) is 1.79. The number of amides is 2. The molecule has 1 saturated heterocycles. The molecule has 1 aliphatic heterocycles. The summed E-state index contributed by atoms with van der Waals surface area (Å²) in [5.41, 5.74) is 0.327. The molecule has 1 saturated carbocycles. The summed E-state index contributed by atoms with van der Waals surface area (Å²) in [4.78, 5) is 34.5. The van der Waals surface area contributed by atoms with Gasteiger partial charge >= 0.3 is 0 Å². The second kappa shape index (κ2) is 6.85. The van der Waals surface area contributed by atoms with Crippen LogP contribution in [0.2, 0.25) is 0 Å². The largest absolute Gasteiger partial charge is 0.348 e. The summed E-state index contributed by atoms with van der Waals surface area (Å²) < 4.78 is 0. The van der Waals surface area contributed by atoms with Crippen LogP contribution in [0.15, 0.2) is 18.6 Å². The van der Waals surface area contributed by atoms with E-state index in [4.69, 9.17) is 0 Å². The first-order valence-electron chi connectivity index (χ1n) is 8.09. The Morgan fingerprint density at radius 1 is 1.14 bits per heavy atom. The maximum Gasteiger partial charge on any atom is 0.271 e. The van der Waals surface area contributed by atoms with Crippen molar-refractivity contribution in [2.45, 2.75) is 44.6 Å². The van der Waals surface area contributed by atoms with E-state index in [1.807, 2.05) is 4.90 Å². The van der Waals surface area contributed by atoms with E-state index in [1.165, 1.54) is 18.8 Å². The van der Waals surface area contributed by atoms with Crippen LogP contribution in [0.5, 0.6) is 0 Å². The van der Waals surface area contributed by atoms with Crippen molar-refractivity contribution in [3.63, 3.8) is 0 Å². The number of likely N-dealkylation sites (tertiary alicyclic amines) is 1. The van der Waals surface area contributed by atoms with E-state index in [0.717, 1.165) is 45.2 Å². The number of piperidine rings is 1. The van der Waals surface area contributed by atoms with Gasteiger partial charge in [0.05, 0.1) is 6.20 Å². The molecule has 1 N–H and O–H groups in total. The van der Waals surface area contributed by atoms with Gasteiger partial charge < -0.3 is 10.2 Å². The Morgan fingerprint density at radius 2 is 1.95 bits per heavy atom. The second-order valence-corrected chi connectivity index (χ2v) is 6.16. The van der Waals surface area contributed by atoms with E-state index in [1.54, 1.807) is 6.20 Å². The molecular formula is C16H22N4O2. The number of aromatic nitrogens is 2. The number of carbonyl (C=O) groups excluding carboxylic acids is 2. The maximum atomic E-state index is 12.5. The molecule has 2 amide bonds. The summed E-state index contributed by atoms with van der Waals surface area (Å²) in [5.74, 6) is 0.130. The molecule has 22 heavy (non-hydrogen) atoms. The zero-order chi connectivity index (χ0) is 15.4. The molecule has 6 nitrogen and oxygen atoms in total. The quantitative estimate of drug-likeness (QED) is 0.915. The molecule has 2 aliphatic rings. The highest BCUT2D eigenvalue weighted by Gasteiger charge is 2.33. The third-order valence-electron chi connectivity index (χ3n) is 4.58. The SMILES string of the molecule is O=C(N[C@H]1CC[C@@H](C(=O)N2CCCCC2)C1)c1cnccn1. The average molecular weight is 302 g/mol. The van der Waals surface area contributed by atoms with Crippen molar-refractivity contribution in [2.24, 2.45) is 5.92 Å². The fourth-order valence-electron chi connectivity index (χ4n) is 3.39. The van der Waals surface area contributed by atoms with E-state index in [-0.39, 0.29) is 23.8 Å². The molecule has 3 rings (SSSR count). The van der Waals surface area contributed by atoms with E-state index in [2.05, 4.69) is 15.3 Å². The van der Waals surface area contributed by atoms with Crippen LogP contribution < -0.4 is 5.32 Å². The first-order chi connectivity index (χ1) is 10.7. The van der Waals surface area contributed by atoms with Crippen molar-refractivity contribution in [1.29, 1.82) is 0 Å². The van der Waals surface area contributed by atoms with E-state index in [0.29, 0.717) is 5.69 Å². The zero-order valence-electron chi connectivity index (χ0n) is 12.7. The molecule has 2 fully saturated rings. The minimum atomic E-state index is -0.204. The topological polar surface area (TPSA) is 75.2 Å². The van der Waals surface area contributed by atoms with Crippen LogP contribution in [-0.4, -0.2) is 45.8 Å². The van der Waals surface area contributed by atoms with Gasteiger partial charge in [-0.3, -0.25) is 14.6 Å². The number of nitrogens with zero attached hydrogens (tertiary/aromatic N) is 3. The standard InChI is InChI=1S/C16H22N4O2/c21-15(14-11-17-6-7-18-14)19-13-5-4-12(10-13)16(22)20-8-2-1-3-9-20/h6-7,11-13H,1-5,8-10H2,(H,19,21)/t12-,13+/m1/s1. The van der Waals surface area contributed by atoms with Gasteiger partial charge in [-0.2, -0.15) is 0 Å². The molecule has 0 unspecified atom stereocenters. The summed E-state index contributed by atoms with van der Waals surface area (Å²) in [7, 11) is 0. The lowest BCUT2D eigenvalue weighted by Crippen LogP contribution is -2.40. The monoisotopic (exact) mass is 302 g/mol. The van der Waals surface area contributed by atoms with Gasteiger partial charge in [-0.05, 0) is 38.5 Å². The molecule has 0 spiro atoms. The Balaban J connectivity index is 1.51. The van der Waals surface area contributed by atoms with Gasteiger partial charge in [0.25, 0.3) is 5.91 Å². The maximum absolute atomic E-state index is 12.5. The van der Waals surface area contributed by atoms with Gasteiger partial charge in [0.15, 0.2) is 0 Å². The Morgan fingerprint density at radius 3 is 2.68 bits per heavy atom. The summed E-state index contributed by atoms with van der Waals surface area (Å²) in [6.07, 6.45) is 10.4. The molecule has 6 heteroatoms. The molecule has 0 bridgehead atoms. The highest BCUT2D eigenvalue weighted by molar-refractivity contribution is 5.92. The van der Waals surface area contributed by atoms with Crippen LogP contribution >= 0.6 is 0 Å². The Bertz CT molecular complexity index is 528. The molecule has 0 radical (unpaired) electrons. The highest BCUT2D eigenvalue weighted by Crippen LogP contribution is 2.28. The minimum Gasteiger partial charge on any atom is -0.348 e. The number of nitrogens with one attached hydrogen (secondary N) is 1. The Hall–Kier alpha value is -1.98. The summed E-state index contributed by atoms with van der Waals surface area (Å²) in [5, 5.41) is 2.97. The average Bonchev–Trinajstić information content (AvgIpc) is 3.04. The lowest BCUT2D eigenvalue weighted by molar-refractivity contribution is -0.136. The third-order valence-corrected chi connectivity index (χ3v) is 4.58. The molecule has 0 aromatic carbocycles. The van der Waals surface area contributed by atoms with Gasteiger partial charge in [-0.15, -0.1) is 0 Å². The fourth-order valence-corrected chi connectivity index (χ4v) is 3.39. The Labute approximate surface area is 130 Å². The van der Waals surface area contributed by atoms with Crippen LogP contribution in [0.1, 0.15) is 49.0 Å². The molecule has 1 aromatic rings. The van der Waals surface area contributed by atoms with Crippen LogP contribution in [0.4, 0.5) is 0 Å². The van der Waals surface area contributed by atoms with Crippen LogP contribution in [0.3, 0.4) is 0 Å². The van der Waals surface area contributed by atoms with Gasteiger partial charge in [-0.1, -0.05) is 0 Å². The van der Waals surface area contributed by atoms with Crippen molar-refractivity contribution in [3.8, 4) is 0 Å². The zero-order valence-corrected chi connectivity index (χ0v) is 12.7. The highest BCUT2D eigenvalue weighted by atomic mass is 16.2. The van der Waals surface area contributed by atoms with Gasteiger partial charge in [-0.25, -0.2) is 4.98 Å². The Kier molecular flexibility index (Phi) is 4.65. The van der Waals surface area contributed by atoms with Gasteiger partial charge in [0, 0.05) is 37.4 Å². The second-order valence-electron chi connectivity index (χ2n) is 6.16. The number of hydrogen-bond acceptors (Lipinski definition) is 4. The third kappa shape index (κ3) is 3.43. The van der Waals surface area contributed by atoms with E-state index < -0.39 is 0 Å². The lowest BCUT2D eigenvalue weighted by atomic mass is 10.0. The van der Waals surface area contributed by atoms with Crippen molar-refractivity contribution < 1.29 is 9.59 Å². The molecule has 2 atom stereocenters. The molecule has 2 heterocycles. The summed E-state index contributed by atoms with van der Waals surface area (Å²) >= 11 is 0. The smallest absolute Gasteiger partial charge is 0.271 e. The van der Waals surface area contributed by atoms with Crippen molar-refractivity contribution in [1.82, 2.24) is 20.2 Å². The van der Waals surface area contributed by atoms with Crippen LogP contribution in [-0.2, 0) is 4.79 Å². The van der Waals surface area contributed by atoms with Crippen LogP contribution in [0.25, 0.3) is 0 Å². The molecular weight excluding hydrogens is 280 g/mol. The predicted octanol–water partition coefficient (Wildman–Crippen LogP) is 1.39. The van der Waals surface area contributed by atoms with E-state index >= 15 is 0 Å². The fraction of sp³-hybridized carbons (Fsp3) is 0.625. The molecule has 1 aliphatic carbocycles. The molecule has 1 aromatic heterocycles. The summed E-state index contributed by atoms with van der Waals surface area (Å²) in [6, 6.07) is 0.0632. The van der Waals surface area contributed by atoms with Gasteiger partial charge in [0.2, 0.25) is 5.91 Å². The number of carbonyl (C=O) groups is 2. The normalized spacial score (nSPS) is 25.0. The van der Waals surface area contributed by atoms with Crippen molar-refractivity contribution in [3.05, 3.63) is 24.3 Å². The minimum absolute atomic E-state index is 0.0604. The van der Waals surface area contributed by atoms with Crippen molar-refractivity contribution >= 4 is 11.8 Å². The molecule has 118 valence electrons. The number of rotatable bonds is 3. The first-order valence-corrected chi connectivity index (χ1v) is 8.09. The number of hydrogen-bond donors (Lipinski definition) is 1. The first kappa shape index (κ1) is 14.9. The van der Waals surface area contributed by atoms with E-state index in [9.17, 15) is 9.59 Å². The van der Waals surface area contributed by atoms with Crippen molar-refractivity contribution in [2.75, 3.05) is 13.1 Å². The van der Waals surface area contributed by atoms with Gasteiger partial charge in [0.1, 0.15) is 5.69 Å².